The van der Waals surface area contributed by atoms with E-state index in [4.69, 9.17) is 0 Å². The molecule has 0 bridgehead atoms. The molecule has 6 nitrogen and oxygen atoms in total. The van der Waals surface area contributed by atoms with Crippen molar-refractivity contribution in [3.05, 3.63) is 0 Å². The summed E-state index contributed by atoms with van der Waals surface area (Å²) >= 11 is 0. The van der Waals surface area contributed by atoms with Gasteiger partial charge in [-0.1, -0.05) is 8.96 Å². The van der Waals surface area contributed by atoms with Crippen LogP contribution in [0.5, 0.6) is 0 Å². The molecule has 0 fully saturated rings. The maximum absolute atomic E-state index is 15.5. The molecule has 0 aliphatic rings. The van der Waals surface area contributed by atoms with Crippen LogP contribution in [0.2, 0.25) is 0 Å². The first-order valence-electron chi connectivity index (χ1n) is 14.0. The minimum atomic E-state index is -13.7. The Morgan fingerprint density at radius 1 is 0.300 bits per heavy atom. The fourth-order valence-corrected chi connectivity index (χ4v) is 8.69. The summed E-state index contributed by atoms with van der Waals surface area (Å²) in [7, 11) is -26.7. The first-order valence-corrected chi connectivity index (χ1v) is 17.2. The predicted octanol–water partition coefficient (Wildman–Crippen LogP) is 12.6. The van der Waals surface area contributed by atoms with Crippen LogP contribution in [0, 0.1) is 0 Å². The van der Waals surface area contributed by atoms with Crippen molar-refractivity contribution in [2.45, 2.75) is 112 Å². The van der Waals surface area contributed by atoms with Gasteiger partial charge < -0.3 is 13.3 Å². The zero-order valence-electron chi connectivity index (χ0n) is 29.1. The summed E-state index contributed by atoms with van der Waals surface area (Å²) in [5.74, 6) is -84.2. The van der Waals surface area contributed by atoms with Gasteiger partial charge in [0.2, 0.25) is 0 Å². The van der Waals surface area contributed by atoms with Crippen molar-refractivity contribution < 1.29 is 211 Å². The Labute approximate surface area is 348 Å². The minimum Gasteiger partial charge on any atom is -0.337 e. The topological polar surface area (TPSA) is 65.1 Å². The third-order valence-electron chi connectivity index (χ3n) is 7.38. The van der Waals surface area contributed by atoms with Crippen molar-refractivity contribution in [3.63, 3.8) is 0 Å². The lowest BCUT2D eigenvalue weighted by Gasteiger charge is -2.51. The Kier molecular flexibility index (Phi) is 16.0. The fraction of sp³-hybridized carbons (Fsp3) is 1.00. The second-order valence-electron chi connectivity index (χ2n) is 12.0. The highest BCUT2D eigenvalue weighted by molar-refractivity contribution is 7.94. The third-order valence-corrected chi connectivity index (χ3v) is 12.5. The molecule has 70 heavy (non-hydrogen) atoms. The van der Waals surface area contributed by atoms with E-state index in [9.17, 15) is 171 Å². The summed E-state index contributed by atoms with van der Waals surface area (Å²) in [6.07, 6.45) is -67.2. The zero-order valence-corrected chi connectivity index (χ0v) is 31.0. The molecule has 1 atom stereocenters. The molecule has 51 heteroatoms. The van der Waals surface area contributed by atoms with Crippen molar-refractivity contribution in [2.24, 2.45) is 0 Å². The van der Waals surface area contributed by atoms with Gasteiger partial charge in [0.15, 0.2) is 0 Å². The van der Waals surface area contributed by atoms with Gasteiger partial charge in [-0.15, -0.1) is 0 Å². The maximum Gasteiger partial charge on any atom is 0.593 e. The molecule has 0 aliphatic heterocycles. The molecule has 0 aliphatic carbocycles. The van der Waals surface area contributed by atoms with Crippen molar-refractivity contribution in [1.29, 1.82) is 0 Å². The molecule has 422 valence electrons. The maximum atomic E-state index is 15.5. The number of rotatable bonds is 19. The molecule has 0 aromatic carbocycles. The van der Waals surface area contributed by atoms with Gasteiger partial charge in [-0.2, -0.15) is 180 Å². The molecule has 0 saturated carbocycles. The molecular weight excluding hydrogens is 1200 g/mol. The second-order valence-corrected chi connectivity index (χ2v) is 16.4. The molecule has 0 aromatic heterocycles. The highest BCUT2D eigenvalue weighted by Crippen LogP contribution is 2.69. The van der Waals surface area contributed by atoms with Gasteiger partial charge in [0.1, 0.15) is 0 Å². The highest BCUT2D eigenvalue weighted by Gasteiger charge is 3.03. The van der Waals surface area contributed by atoms with E-state index >= 15 is 26.3 Å². The molecule has 1 unspecified atom stereocenters. The molecule has 0 radical (unpaired) electrons. The molecule has 0 amide bonds. The molecule has 0 N–H and O–H groups in total. The van der Waals surface area contributed by atoms with Gasteiger partial charge in [-0.05, 0) is 0 Å². The van der Waals surface area contributed by atoms with E-state index in [1.165, 1.54) is 0 Å². The van der Waals surface area contributed by atoms with E-state index in [1.54, 1.807) is 0 Å². The number of hydrogen-bond donors (Lipinski definition) is 0. The standard InChI is InChI=1S/C19F43NO5SSi/c20-1(21,5(28,29)10(36,37)38)2(22,23)7(32,33)18(57,58)69(64,65)9(12(42,43)44,4(26,27)3(24,25)6(30,31)11(39,40)41)66-70(67-16(53,54)13(45,46)47,68-17(55,56)14(48,49)50)19(59,60)8(34,35)15(51,52)63(61)62. The lowest BCUT2D eigenvalue weighted by Crippen LogP contribution is -2.85. The van der Waals surface area contributed by atoms with Crippen molar-refractivity contribution in [2.75, 3.05) is 0 Å². The van der Waals surface area contributed by atoms with Crippen LogP contribution in [0.4, 0.5) is 189 Å². The van der Waals surface area contributed by atoms with E-state index in [0.29, 0.717) is 13.3 Å². The average Bonchev–Trinajstić information content (AvgIpc) is 3.06. The summed E-state index contributed by atoms with van der Waals surface area (Å²) in [5, 5.41) is -16.6. The van der Waals surface area contributed by atoms with Crippen molar-refractivity contribution in [3.8, 4) is 0 Å². The normalized spacial score (nSPS) is 17.9. The van der Waals surface area contributed by atoms with Crippen LogP contribution in [0.25, 0.3) is 0 Å². The summed E-state index contributed by atoms with van der Waals surface area (Å²) in [6, 6.07) is -9.43. The van der Waals surface area contributed by atoms with Crippen LogP contribution >= 0.6 is 0 Å². The first-order chi connectivity index (χ1) is 29.3. The largest absolute Gasteiger partial charge is 0.593 e. The molecular formula is C19F43NO5SSi. The van der Waals surface area contributed by atoms with Gasteiger partial charge >= 0.3 is 121 Å². The molecule has 0 spiro atoms. The Hall–Kier alpha value is -3.00. The molecule has 0 rings (SSSR count). The summed E-state index contributed by atoms with van der Waals surface area (Å²) in [6.45, 7) is 0. The number of sulfone groups is 1. The Balaban J connectivity index is 10.9. The number of hydrogen-bond acceptors (Lipinski definition) is 6. The SMILES string of the molecule is O=S(=O)(C(F)(F)C(F)(F)C(F)(F)C(F)(F)C(F)(F)C(F)(F)F)C(O[Si](OC(F)(F)C(F)(F)F)(OC(F)(F)C(F)(F)F)C(F)(F)C(F)(F)C(F)(F)N(F)F)(C(F)(F)F)C(F)(F)C(F)(F)C(F)(F)C(F)(F)F. The van der Waals surface area contributed by atoms with Crippen LogP contribution in [-0.2, 0) is 23.1 Å². The zero-order chi connectivity index (χ0) is 58.2. The van der Waals surface area contributed by atoms with Gasteiger partial charge in [0.25, 0.3) is 9.84 Å². The molecule has 0 heterocycles. The first kappa shape index (κ1) is 67.0. The predicted molar refractivity (Wildman–Crippen MR) is 119 cm³/mol. The van der Waals surface area contributed by atoms with E-state index in [-0.39, 0.29) is 0 Å². The fourth-order valence-electron chi connectivity index (χ4n) is 3.75. The van der Waals surface area contributed by atoms with Gasteiger partial charge in [0, 0.05) is 0 Å². The van der Waals surface area contributed by atoms with Crippen LogP contribution in [-0.4, -0.2) is 135 Å². The van der Waals surface area contributed by atoms with Crippen LogP contribution in [0.15, 0.2) is 0 Å². The number of halogens is 43. The highest BCUT2D eigenvalue weighted by atomic mass is 32.2. The quantitative estimate of drug-likeness (QED) is 0.0556. The van der Waals surface area contributed by atoms with Crippen LogP contribution < -0.4 is 0 Å². The average molecular weight is 1200 g/mol. The van der Waals surface area contributed by atoms with E-state index in [0.717, 1.165) is 0 Å². The van der Waals surface area contributed by atoms with Gasteiger partial charge in [-0.3, -0.25) is 0 Å². The van der Waals surface area contributed by atoms with Crippen molar-refractivity contribution >= 4 is 18.6 Å². The smallest absolute Gasteiger partial charge is 0.337 e. The monoisotopic (exact) mass is 1200 g/mol. The van der Waals surface area contributed by atoms with E-state index in [2.05, 4.69) is 0 Å². The lowest BCUT2D eigenvalue weighted by molar-refractivity contribution is -0.452. The Morgan fingerprint density at radius 2 is 0.557 bits per heavy atom. The lowest BCUT2D eigenvalue weighted by atomic mass is 9.97. The number of alkyl halides is 41. The summed E-state index contributed by atoms with van der Waals surface area (Å²) in [5.41, 5.74) is -10.9. The molecule has 0 aromatic rings. The van der Waals surface area contributed by atoms with Crippen LogP contribution in [0.3, 0.4) is 0 Å². The van der Waals surface area contributed by atoms with Crippen LogP contribution in [0.1, 0.15) is 0 Å². The Morgan fingerprint density at radius 3 is 0.786 bits per heavy atom. The second kappa shape index (κ2) is 16.8. The Bertz CT molecular complexity index is 1960. The summed E-state index contributed by atoms with van der Waals surface area (Å²) in [4.78, 5) is -11.9. The van der Waals surface area contributed by atoms with E-state index < -0.39 is 136 Å². The van der Waals surface area contributed by atoms with E-state index in [1.807, 2.05) is 0 Å². The minimum absolute atomic E-state index is 0.494. The van der Waals surface area contributed by atoms with Gasteiger partial charge in [0.05, 0.1) is 5.34 Å². The third kappa shape index (κ3) is 8.79. The number of nitrogens with zero attached hydrogens (tertiary/aromatic N) is 1. The molecule has 0 saturated heterocycles. The van der Waals surface area contributed by atoms with Crippen molar-refractivity contribution in [1.82, 2.24) is 5.34 Å². The van der Waals surface area contributed by atoms with Gasteiger partial charge in [-0.25, -0.2) is 8.42 Å². The summed E-state index contributed by atoms with van der Waals surface area (Å²) < 4.78 is 623.